The zero-order valence-corrected chi connectivity index (χ0v) is 19.3. The third-order valence-corrected chi connectivity index (χ3v) is 5.59. The Kier molecular flexibility index (Phi) is 9.32. The Hall–Kier alpha value is -3.32. The maximum absolute atomic E-state index is 11.6. The quantitative estimate of drug-likeness (QED) is 0.177. The molecule has 1 N–H and O–H groups in total. The lowest BCUT2D eigenvalue weighted by molar-refractivity contribution is -0.130. The van der Waals surface area contributed by atoms with E-state index in [1.165, 1.54) is 32.6 Å². The number of carboxylic acid groups (broad SMARTS) is 1. The first-order chi connectivity index (χ1) is 16.1. The van der Waals surface area contributed by atoms with Crippen LogP contribution in [-0.2, 0) is 21.0 Å². The van der Waals surface area contributed by atoms with Crippen LogP contribution in [0.4, 0.5) is 0 Å². The van der Waals surface area contributed by atoms with Crippen molar-refractivity contribution in [2.45, 2.75) is 32.8 Å². The molecule has 0 radical (unpaired) electrons. The van der Waals surface area contributed by atoms with E-state index in [9.17, 15) is 9.90 Å². The van der Waals surface area contributed by atoms with Crippen LogP contribution in [0, 0.1) is 0 Å². The van der Waals surface area contributed by atoms with Crippen LogP contribution in [-0.4, -0.2) is 55.0 Å². The lowest BCUT2D eigenvalue weighted by Gasteiger charge is -2.25. The SMILES string of the molecule is COC=C(C(=O)O)c1ccccc1COc1ccc(C(C)=NOCCN2CCCCC2)cc1. The second-order valence-electron chi connectivity index (χ2n) is 7.95. The van der Waals surface area contributed by atoms with E-state index in [0.29, 0.717) is 17.9 Å². The van der Waals surface area contributed by atoms with Crippen LogP contribution in [0.1, 0.15) is 42.9 Å². The molecule has 0 spiro atoms. The smallest absolute Gasteiger partial charge is 0.339 e. The molecule has 0 aromatic heterocycles. The van der Waals surface area contributed by atoms with Gasteiger partial charge in [0.05, 0.1) is 19.1 Å². The summed E-state index contributed by atoms with van der Waals surface area (Å²) in [5.74, 6) is -0.374. The van der Waals surface area contributed by atoms with E-state index in [0.717, 1.165) is 36.5 Å². The van der Waals surface area contributed by atoms with Gasteiger partial charge in [-0.2, -0.15) is 0 Å². The fourth-order valence-corrected chi connectivity index (χ4v) is 3.76. The van der Waals surface area contributed by atoms with Crippen LogP contribution in [0.3, 0.4) is 0 Å². The highest BCUT2D eigenvalue weighted by Crippen LogP contribution is 2.22. The van der Waals surface area contributed by atoms with Gasteiger partial charge in [-0.05, 0) is 73.8 Å². The van der Waals surface area contributed by atoms with Crippen molar-refractivity contribution in [2.24, 2.45) is 5.16 Å². The maximum atomic E-state index is 11.6. The molecule has 7 nitrogen and oxygen atoms in total. The molecule has 1 aliphatic heterocycles. The maximum Gasteiger partial charge on any atom is 0.339 e. The van der Waals surface area contributed by atoms with Gasteiger partial charge in [0, 0.05) is 6.54 Å². The number of methoxy groups -OCH3 is 1. The lowest BCUT2D eigenvalue weighted by Crippen LogP contribution is -2.32. The second kappa shape index (κ2) is 12.6. The van der Waals surface area contributed by atoms with E-state index in [2.05, 4.69) is 10.1 Å². The van der Waals surface area contributed by atoms with Crippen molar-refractivity contribution in [2.75, 3.05) is 33.4 Å². The van der Waals surface area contributed by atoms with Gasteiger partial charge in [-0.25, -0.2) is 4.79 Å². The monoisotopic (exact) mass is 452 g/mol. The Labute approximate surface area is 195 Å². The van der Waals surface area contributed by atoms with Crippen molar-refractivity contribution in [1.29, 1.82) is 0 Å². The number of aliphatic carboxylic acids is 1. The molecule has 0 amide bonds. The van der Waals surface area contributed by atoms with E-state index in [1.54, 1.807) is 12.1 Å². The third kappa shape index (κ3) is 7.36. The standard InChI is InChI=1S/C26H32N2O5/c1-20(27-33-17-16-28-14-6-3-7-15-28)21-10-12-23(13-11-21)32-18-22-8-4-5-9-24(22)25(19-31-2)26(29)30/h4-5,8-13,19H,3,6-7,14-18H2,1-2H3,(H,29,30). The number of oxime groups is 1. The summed E-state index contributed by atoms with van der Waals surface area (Å²) in [6.45, 7) is 5.96. The average molecular weight is 453 g/mol. The van der Waals surface area contributed by atoms with Gasteiger partial charge in [0.15, 0.2) is 0 Å². The van der Waals surface area contributed by atoms with Crippen LogP contribution in [0.15, 0.2) is 59.9 Å². The number of hydrogen-bond donors (Lipinski definition) is 1. The van der Waals surface area contributed by atoms with E-state index in [4.69, 9.17) is 14.3 Å². The predicted molar refractivity (Wildman–Crippen MR) is 128 cm³/mol. The molecule has 7 heteroatoms. The van der Waals surface area contributed by atoms with Crippen molar-refractivity contribution < 1.29 is 24.2 Å². The van der Waals surface area contributed by atoms with Gasteiger partial charge in [-0.15, -0.1) is 0 Å². The van der Waals surface area contributed by atoms with Gasteiger partial charge in [0.2, 0.25) is 0 Å². The Morgan fingerprint density at radius 1 is 1.09 bits per heavy atom. The number of ether oxygens (including phenoxy) is 2. The molecule has 0 unspecified atom stereocenters. The number of carboxylic acids is 1. The van der Waals surface area contributed by atoms with Crippen LogP contribution in [0.5, 0.6) is 5.75 Å². The molecule has 1 aliphatic rings. The molecule has 2 aromatic rings. The summed E-state index contributed by atoms with van der Waals surface area (Å²) in [6.07, 6.45) is 5.10. The zero-order valence-electron chi connectivity index (χ0n) is 19.3. The van der Waals surface area contributed by atoms with Gasteiger partial charge < -0.3 is 19.4 Å². The van der Waals surface area contributed by atoms with Crippen LogP contribution < -0.4 is 4.74 Å². The van der Waals surface area contributed by atoms with Crippen molar-refractivity contribution in [1.82, 2.24) is 4.90 Å². The molecule has 0 aliphatic carbocycles. The van der Waals surface area contributed by atoms with Gasteiger partial charge in [0.1, 0.15) is 24.5 Å². The molecule has 1 heterocycles. The fraction of sp³-hybridized carbons (Fsp3) is 0.385. The number of hydrogen-bond acceptors (Lipinski definition) is 6. The summed E-state index contributed by atoms with van der Waals surface area (Å²) >= 11 is 0. The van der Waals surface area contributed by atoms with E-state index in [-0.39, 0.29) is 12.2 Å². The number of likely N-dealkylation sites (tertiary alicyclic amines) is 1. The van der Waals surface area contributed by atoms with Gasteiger partial charge in [-0.1, -0.05) is 35.8 Å². The van der Waals surface area contributed by atoms with E-state index >= 15 is 0 Å². The Balaban J connectivity index is 1.54. The number of carbonyl (C=O) groups is 1. The highest BCUT2D eigenvalue weighted by atomic mass is 16.6. The fourth-order valence-electron chi connectivity index (χ4n) is 3.76. The summed E-state index contributed by atoms with van der Waals surface area (Å²) in [4.78, 5) is 19.5. The average Bonchev–Trinajstić information content (AvgIpc) is 2.85. The molecule has 0 atom stereocenters. The summed E-state index contributed by atoms with van der Waals surface area (Å²) in [5, 5.41) is 13.7. The number of benzene rings is 2. The number of piperidine rings is 1. The second-order valence-corrected chi connectivity index (χ2v) is 7.95. The minimum atomic E-state index is -1.05. The minimum absolute atomic E-state index is 0.0826. The molecule has 2 aromatic carbocycles. The van der Waals surface area contributed by atoms with Gasteiger partial charge >= 0.3 is 5.97 Å². The van der Waals surface area contributed by atoms with Crippen molar-refractivity contribution in [3.63, 3.8) is 0 Å². The first-order valence-corrected chi connectivity index (χ1v) is 11.2. The molecule has 0 saturated carbocycles. The molecule has 3 rings (SSSR count). The first kappa shape index (κ1) is 24.3. The molecular weight excluding hydrogens is 420 g/mol. The topological polar surface area (TPSA) is 80.6 Å². The molecule has 33 heavy (non-hydrogen) atoms. The van der Waals surface area contributed by atoms with Crippen molar-refractivity contribution in [3.8, 4) is 5.75 Å². The number of rotatable bonds is 11. The lowest BCUT2D eigenvalue weighted by atomic mass is 10.0. The largest absolute Gasteiger partial charge is 0.503 e. The van der Waals surface area contributed by atoms with Crippen LogP contribution in [0.2, 0.25) is 0 Å². The Morgan fingerprint density at radius 2 is 1.82 bits per heavy atom. The molecule has 1 fully saturated rings. The summed E-state index contributed by atoms with van der Waals surface area (Å²) in [6, 6.07) is 14.8. The minimum Gasteiger partial charge on any atom is -0.503 e. The highest BCUT2D eigenvalue weighted by molar-refractivity contribution is 6.15. The molecule has 1 saturated heterocycles. The normalized spacial score (nSPS) is 15.2. The summed E-state index contributed by atoms with van der Waals surface area (Å²) < 4.78 is 10.8. The summed E-state index contributed by atoms with van der Waals surface area (Å²) in [7, 11) is 1.43. The van der Waals surface area contributed by atoms with Crippen LogP contribution in [0.25, 0.3) is 5.57 Å². The highest BCUT2D eigenvalue weighted by Gasteiger charge is 2.15. The molecule has 176 valence electrons. The van der Waals surface area contributed by atoms with E-state index in [1.807, 2.05) is 43.3 Å². The summed E-state index contributed by atoms with van der Waals surface area (Å²) in [5.41, 5.74) is 3.16. The zero-order chi connectivity index (χ0) is 23.5. The third-order valence-electron chi connectivity index (χ3n) is 5.59. The number of nitrogens with zero attached hydrogens (tertiary/aromatic N) is 2. The predicted octanol–water partition coefficient (Wildman–Crippen LogP) is 4.56. The molecule has 0 bridgehead atoms. The van der Waals surface area contributed by atoms with E-state index < -0.39 is 5.97 Å². The van der Waals surface area contributed by atoms with Gasteiger partial charge in [0.25, 0.3) is 0 Å². The Morgan fingerprint density at radius 3 is 2.52 bits per heavy atom. The molecular formula is C26H32N2O5. The van der Waals surface area contributed by atoms with Crippen LogP contribution >= 0.6 is 0 Å². The van der Waals surface area contributed by atoms with Gasteiger partial charge in [-0.3, -0.25) is 4.90 Å². The van der Waals surface area contributed by atoms with Crippen molar-refractivity contribution >= 4 is 17.3 Å². The van der Waals surface area contributed by atoms with Crippen molar-refractivity contribution in [3.05, 3.63) is 71.5 Å². The Bertz CT molecular complexity index is 963. The first-order valence-electron chi connectivity index (χ1n) is 11.2.